The lowest BCUT2D eigenvalue weighted by molar-refractivity contribution is -0.113. The summed E-state index contributed by atoms with van der Waals surface area (Å²) in [4.78, 5) is 25.1. The van der Waals surface area contributed by atoms with Gasteiger partial charge >= 0.3 is 0 Å². The zero-order valence-corrected chi connectivity index (χ0v) is 20.9. The minimum Gasteiger partial charge on any atom is -0.360 e. The van der Waals surface area contributed by atoms with Crippen LogP contribution >= 0.6 is 50.6 Å². The number of thioether (sulfide) groups is 1. The van der Waals surface area contributed by atoms with Crippen molar-refractivity contribution in [2.75, 3.05) is 16.4 Å². The van der Waals surface area contributed by atoms with E-state index < -0.39 is 5.91 Å². The molecule has 0 spiro atoms. The molecule has 8 nitrogen and oxygen atoms in total. The van der Waals surface area contributed by atoms with Crippen LogP contribution in [0.2, 0.25) is 5.02 Å². The van der Waals surface area contributed by atoms with Gasteiger partial charge in [-0.25, -0.2) is 0 Å². The number of rotatable bonds is 7. The summed E-state index contributed by atoms with van der Waals surface area (Å²) in [6.45, 7) is 1.65. The molecule has 2 amide bonds. The zero-order chi connectivity index (χ0) is 23.4. The van der Waals surface area contributed by atoms with Crippen LogP contribution in [0.1, 0.15) is 16.1 Å². The second kappa shape index (κ2) is 10.5. The van der Waals surface area contributed by atoms with E-state index in [1.807, 2.05) is 12.1 Å². The van der Waals surface area contributed by atoms with Gasteiger partial charge in [-0.3, -0.25) is 14.9 Å². The van der Waals surface area contributed by atoms with E-state index in [0.717, 1.165) is 15.8 Å². The quantitative estimate of drug-likeness (QED) is 0.212. The molecule has 2 heterocycles. The first-order valence-corrected chi connectivity index (χ1v) is 12.4. The molecule has 0 aliphatic heterocycles. The summed E-state index contributed by atoms with van der Waals surface area (Å²) in [5.74, 6) is -0.108. The number of hydrogen-bond acceptors (Lipinski definition) is 8. The molecule has 2 aromatic carbocycles. The highest BCUT2D eigenvalue weighted by Gasteiger charge is 2.24. The maximum Gasteiger partial charge on any atom is 0.263 e. The van der Waals surface area contributed by atoms with E-state index in [-0.39, 0.29) is 17.2 Å². The molecule has 0 saturated heterocycles. The molecule has 4 aromatic rings. The van der Waals surface area contributed by atoms with Gasteiger partial charge in [-0.05, 0) is 37.3 Å². The molecule has 0 radical (unpaired) electrons. The molecule has 4 rings (SSSR count). The molecular weight excluding hydrogens is 550 g/mol. The Hall–Kier alpha value is -2.73. The average molecular weight is 565 g/mol. The minimum absolute atomic E-state index is 0.153. The van der Waals surface area contributed by atoms with Gasteiger partial charge in [-0.2, -0.15) is 0 Å². The lowest BCUT2D eigenvalue weighted by Crippen LogP contribution is -2.13. The van der Waals surface area contributed by atoms with Crippen LogP contribution < -0.4 is 10.6 Å². The number of anilines is 2. The van der Waals surface area contributed by atoms with Gasteiger partial charge in [-0.15, -0.1) is 10.2 Å². The van der Waals surface area contributed by atoms with Gasteiger partial charge in [0.1, 0.15) is 17.0 Å². The fraction of sp³-hybridized carbons (Fsp3) is 0.0952. The first-order valence-electron chi connectivity index (χ1n) is 9.45. The van der Waals surface area contributed by atoms with E-state index in [1.165, 1.54) is 11.8 Å². The van der Waals surface area contributed by atoms with Gasteiger partial charge in [0.2, 0.25) is 11.0 Å². The fourth-order valence-corrected chi connectivity index (χ4v) is 4.85. The van der Waals surface area contributed by atoms with Gasteiger partial charge in [0.05, 0.1) is 10.8 Å². The summed E-state index contributed by atoms with van der Waals surface area (Å²) >= 11 is 12.0. The van der Waals surface area contributed by atoms with E-state index in [1.54, 1.807) is 43.3 Å². The molecule has 2 aromatic heterocycles. The lowest BCUT2D eigenvalue weighted by Gasteiger charge is -2.04. The normalized spacial score (nSPS) is 10.8. The molecular formula is C21H15BrClN5O3S2. The second-order valence-electron chi connectivity index (χ2n) is 6.61. The van der Waals surface area contributed by atoms with Crippen molar-refractivity contribution >= 4 is 73.3 Å². The Kier molecular flexibility index (Phi) is 7.43. The van der Waals surface area contributed by atoms with Crippen LogP contribution in [0.4, 0.5) is 10.8 Å². The Morgan fingerprint density at radius 3 is 2.64 bits per heavy atom. The van der Waals surface area contributed by atoms with E-state index in [0.29, 0.717) is 37.2 Å². The van der Waals surface area contributed by atoms with Crippen molar-refractivity contribution in [3.63, 3.8) is 0 Å². The van der Waals surface area contributed by atoms with E-state index >= 15 is 0 Å². The summed E-state index contributed by atoms with van der Waals surface area (Å²) in [6, 6.07) is 14.3. The lowest BCUT2D eigenvalue weighted by atomic mass is 10.1. The van der Waals surface area contributed by atoms with Crippen LogP contribution in [0.15, 0.2) is 61.9 Å². The molecule has 0 bridgehead atoms. The first kappa shape index (κ1) is 23.4. The summed E-state index contributed by atoms with van der Waals surface area (Å²) in [5.41, 5.74) is 1.90. The molecule has 168 valence electrons. The highest BCUT2D eigenvalue weighted by Crippen LogP contribution is 2.32. The van der Waals surface area contributed by atoms with Crippen LogP contribution in [0.5, 0.6) is 0 Å². The van der Waals surface area contributed by atoms with Gasteiger partial charge in [0.25, 0.3) is 5.91 Å². The molecule has 0 aliphatic rings. The summed E-state index contributed by atoms with van der Waals surface area (Å²) in [6.07, 6.45) is 0. The van der Waals surface area contributed by atoms with Crippen molar-refractivity contribution in [2.24, 2.45) is 0 Å². The number of nitrogens with one attached hydrogen (secondary N) is 2. The van der Waals surface area contributed by atoms with Gasteiger partial charge in [-0.1, -0.05) is 74.0 Å². The van der Waals surface area contributed by atoms with E-state index in [2.05, 4.69) is 41.9 Å². The molecule has 2 N–H and O–H groups in total. The predicted octanol–water partition coefficient (Wildman–Crippen LogP) is 5.90. The smallest absolute Gasteiger partial charge is 0.263 e. The maximum absolute atomic E-state index is 12.9. The summed E-state index contributed by atoms with van der Waals surface area (Å²) in [7, 11) is 0. The van der Waals surface area contributed by atoms with Crippen molar-refractivity contribution in [1.82, 2.24) is 15.4 Å². The number of benzene rings is 2. The van der Waals surface area contributed by atoms with Crippen LogP contribution in [-0.4, -0.2) is 32.9 Å². The third kappa shape index (κ3) is 5.80. The van der Waals surface area contributed by atoms with Gasteiger partial charge < -0.3 is 9.84 Å². The van der Waals surface area contributed by atoms with Crippen molar-refractivity contribution < 1.29 is 14.1 Å². The Bertz CT molecular complexity index is 1310. The largest absolute Gasteiger partial charge is 0.360 e. The third-order valence-corrected chi connectivity index (χ3v) is 7.13. The van der Waals surface area contributed by atoms with Crippen LogP contribution in [0, 0.1) is 6.92 Å². The highest BCUT2D eigenvalue weighted by atomic mass is 79.9. The standard InChI is InChI=1S/C21H15BrClN5O3S2/c1-11-17(18(28-31-11)14-4-2-3-5-15(14)23)19(30)25-20-26-27-21(33-20)32-10-16(29)24-13-8-6-12(22)7-9-13/h2-9H,10H2,1H3,(H,24,29)(H,25,26,30). The van der Waals surface area contributed by atoms with E-state index in [4.69, 9.17) is 16.1 Å². The Morgan fingerprint density at radius 1 is 1.12 bits per heavy atom. The molecule has 12 heteroatoms. The molecule has 0 atom stereocenters. The number of aromatic nitrogens is 3. The average Bonchev–Trinajstić information content (AvgIpc) is 3.40. The van der Waals surface area contributed by atoms with Crippen molar-refractivity contribution in [1.29, 1.82) is 0 Å². The number of aryl methyl sites for hydroxylation is 1. The van der Waals surface area contributed by atoms with Gasteiger partial charge in [0.15, 0.2) is 4.34 Å². The van der Waals surface area contributed by atoms with E-state index in [9.17, 15) is 9.59 Å². The fourth-order valence-electron chi connectivity index (χ4n) is 2.81. The van der Waals surface area contributed by atoms with Crippen LogP contribution in [0.25, 0.3) is 11.3 Å². The molecule has 0 saturated carbocycles. The maximum atomic E-state index is 12.9. The molecule has 0 fully saturated rings. The minimum atomic E-state index is -0.440. The number of hydrogen-bond donors (Lipinski definition) is 2. The Labute approximate surface area is 210 Å². The monoisotopic (exact) mass is 563 g/mol. The number of amides is 2. The second-order valence-corrected chi connectivity index (χ2v) is 10.1. The highest BCUT2D eigenvalue weighted by molar-refractivity contribution is 9.10. The Balaban J connectivity index is 1.39. The summed E-state index contributed by atoms with van der Waals surface area (Å²) in [5, 5.41) is 18.3. The SMILES string of the molecule is Cc1onc(-c2ccccc2Cl)c1C(=O)Nc1nnc(SCC(=O)Nc2ccc(Br)cc2)s1. The van der Waals surface area contributed by atoms with Crippen molar-refractivity contribution in [3.8, 4) is 11.3 Å². The first-order chi connectivity index (χ1) is 15.9. The number of carbonyl (C=O) groups excluding carboxylic acids is 2. The number of nitrogens with zero attached hydrogens (tertiary/aromatic N) is 3. The van der Waals surface area contributed by atoms with Gasteiger partial charge in [0, 0.05) is 15.7 Å². The number of halogens is 2. The predicted molar refractivity (Wildman–Crippen MR) is 133 cm³/mol. The summed E-state index contributed by atoms with van der Waals surface area (Å²) < 4.78 is 6.71. The van der Waals surface area contributed by atoms with Crippen LogP contribution in [0.3, 0.4) is 0 Å². The Morgan fingerprint density at radius 2 is 1.88 bits per heavy atom. The van der Waals surface area contributed by atoms with Crippen LogP contribution in [-0.2, 0) is 4.79 Å². The molecule has 0 aliphatic carbocycles. The van der Waals surface area contributed by atoms with Crippen molar-refractivity contribution in [3.05, 3.63) is 69.3 Å². The number of carbonyl (C=O) groups is 2. The topological polar surface area (TPSA) is 110 Å². The third-order valence-electron chi connectivity index (χ3n) is 4.30. The van der Waals surface area contributed by atoms with Crippen molar-refractivity contribution in [2.45, 2.75) is 11.3 Å². The molecule has 0 unspecified atom stereocenters. The molecule has 33 heavy (non-hydrogen) atoms. The zero-order valence-electron chi connectivity index (χ0n) is 17.0.